The van der Waals surface area contributed by atoms with Crippen molar-refractivity contribution in [1.29, 1.82) is 0 Å². The lowest BCUT2D eigenvalue weighted by molar-refractivity contribution is -0.0420. The quantitative estimate of drug-likeness (QED) is 0.683. The molecule has 0 bridgehead atoms. The average Bonchev–Trinajstić information content (AvgIpc) is 2.60. The summed E-state index contributed by atoms with van der Waals surface area (Å²) in [6.07, 6.45) is 3.04. The highest BCUT2D eigenvalue weighted by molar-refractivity contribution is 6.09. The number of hydrogen-bond donors (Lipinski definition) is 1. The summed E-state index contributed by atoms with van der Waals surface area (Å²) in [5.41, 5.74) is 1.39. The van der Waals surface area contributed by atoms with E-state index in [1.165, 1.54) is 0 Å². The predicted molar refractivity (Wildman–Crippen MR) is 97.2 cm³/mol. The van der Waals surface area contributed by atoms with Crippen LogP contribution in [0.15, 0.2) is 48.5 Å². The number of benzene rings is 2. The van der Waals surface area contributed by atoms with Crippen LogP contribution >= 0.6 is 0 Å². The topological polar surface area (TPSA) is 55.8 Å². The van der Waals surface area contributed by atoms with Crippen molar-refractivity contribution >= 4 is 11.9 Å². The lowest BCUT2D eigenvalue weighted by atomic mass is 9.88. The van der Waals surface area contributed by atoms with Crippen LogP contribution in [0.4, 0.5) is 0 Å². The van der Waals surface area contributed by atoms with Gasteiger partial charge in [0.25, 0.3) is 0 Å². The molecule has 25 heavy (non-hydrogen) atoms. The summed E-state index contributed by atoms with van der Waals surface area (Å²) in [4.78, 5) is 12.7. The van der Waals surface area contributed by atoms with Crippen LogP contribution in [-0.2, 0) is 6.42 Å². The molecule has 0 aromatic heterocycles. The fourth-order valence-electron chi connectivity index (χ4n) is 2.90. The van der Waals surface area contributed by atoms with E-state index in [0.29, 0.717) is 23.5 Å². The first-order valence-corrected chi connectivity index (χ1v) is 8.27. The zero-order valence-electron chi connectivity index (χ0n) is 14.7. The first-order valence-electron chi connectivity index (χ1n) is 8.27. The third kappa shape index (κ3) is 3.44. The van der Waals surface area contributed by atoms with Crippen LogP contribution in [0.1, 0.15) is 35.3 Å². The summed E-state index contributed by atoms with van der Waals surface area (Å²) < 4.78 is 11.4. The highest BCUT2D eigenvalue weighted by Crippen LogP contribution is 2.41. The van der Waals surface area contributed by atoms with Gasteiger partial charge in [0.1, 0.15) is 17.1 Å². The Morgan fingerprint density at radius 1 is 1.24 bits per heavy atom. The Kier molecular flexibility index (Phi) is 4.64. The SMILES string of the molecule is COc1ccc(C(=O)/C=C/c2ccccc2)c2c1CC(O)C(C)(C)O2. The van der Waals surface area contributed by atoms with Gasteiger partial charge in [-0.3, -0.25) is 4.79 Å². The van der Waals surface area contributed by atoms with Crippen LogP contribution in [0.2, 0.25) is 0 Å². The second-order valence-corrected chi connectivity index (χ2v) is 6.66. The van der Waals surface area contributed by atoms with Gasteiger partial charge in [-0.25, -0.2) is 0 Å². The third-order valence-corrected chi connectivity index (χ3v) is 4.49. The number of carbonyl (C=O) groups excluding carboxylic acids is 1. The smallest absolute Gasteiger partial charge is 0.189 e. The van der Waals surface area contributed by atoms with Gasteiger partial charge in [-0.05, 0) is 37.6 Å². The summed E-state index contributed by atoms with van der Waals surface area (Å²) in [7, 11) is 1.57. The van der Waals surface area contributed by atoms with Crippen LogP contribution < -0.4 is 9.47 Å². The average molecular weight is 338 g/mol. The lowest BCUT2D eigenvalue weighted by Gasteiger charge is -2.38. The van der Waals surface area contributed by atoms with Gasteiger partial charge in [-0.15, -0.1) is 0 Å². The second kappa shape index (κ2) is 6.73. The number of allylic oxidation sites excluding steroid dienone is 1. The monoisotopic (exact) mass is 338 g/mol. The van der Waals surface area contributed by atoms with Crippen LogP contribution in [0.5, 0.6) is 11.5 Å². The molecule has 0 saturated heterocycles. The molecule has 0 amide bonds. The number of methoxy groups -OCH3 is 1. The fourth-order valence-corrected chi connectivity index (χ4v) is 2.90. The van der Waals surface area contributed by atoms with E-state index in [1.54, 1.807) is 31.4 Å². The molecule has 130 valence electrons. The van der Waals surface area contributed by atoms with Crippen molar-refractivity contribution in [2.75, 3.05) is 7.11 Å². The number of rotatable bonds is 4. The Bertz CT molecular complexity index is 806. The molecule has 1 heterocycles. The maximum absolute atomic E-state index is 12.7. The first-order chi connectivity index (χ1) is 11.9. The zero-order chi connectivity index (χ0) is 18.0. The molecule has 1 aliphatic heterocycles. The van der Waals surface area contributed by atoms with Gasteiger partial charge in [-0.1, -0.05) is 36.4 Å². The Morgan fingerprint density at radius 2 is 1.96 bits per heavy atom. The standard InChI is InChI=1S/C21H22O4/c1-21(2)19(23)13-16-18(24-3)12-10-15(20(16)25-21)17(22)11-9-14-7-5-4-6-8-14/h4-12,19,23H,13H2,1-3H3/b11-9+. The largest absolute Gasteiger partial charge is 0.496 e. The molecule has 1 atom stereocenters. The molecule has 1 N–H and O–H groups in total. The summed E-state index contributed by atoms with van der Waals surface area (Å²) in [6.45, 7) is 3.63. The Hall–Kier alpha value is -2.59. The molecule has 0 spiro atoms. The third-order valence-electron chi connectivity index (χ3n) is 4.49. The number of fused-ring (bicyclic) bond motifs is 1. The molecule has 2 aromatic carbocycles. The molecule has 1 unspecified atom stereocenters. The summed E-state index contributed by atoms with van der Waals surface area (Å²) >= 11 is 0. The van der Waals surface area contributed by atoms with E-state index in [-0.39, 0.29) is 5.78 Å². The Balaban J connectivity index is 1.99. The minimum atomic E-state index is -0.766. The molecule has 1 aliphatic rings. The number of ketones is 1. The zero-order valence-corrected chi connectivity index (χ0v) is 14.7. The van der Waals surface area contributed by atoms with E-state index in [1.807, 2.05) is 44.2 Å². The van der Waals surface area contributed by atoms with E-state index < -0.39 is 11.7 Å². The highest BCUT2D eigenvalue weighted by Gasteiger charge is 2.38. The van der Waals surface area contributed by atoms with E-state index in [0.717, 1.165) is 11.1 Å². The van der Waals surface area contributed by atoms with E-state index in [2.05, 4.69) is 0 Å². The van der Waals surface area contributed by atoms with Gasteiger partial charge in [0, 0.05) is 12.0 Å². The van der Waals surface area contributed by atoms with Crippen molar-refractivity contribution in [3.8, 4) is 11.5 Å². The molecule has 0 radical (unpaired) electrons. The van der Waals surface area contributed by atoms with E-state index in [9.17, 15) is 9.90 Å². The molecular formula is C21H22O4. The Morgan fingerprint density at radius 3 is 2.64 bits per heavy atom. The number of hydrogen-bond acceptors (Lipinski definition) is 4. The van der Waals surface area contributed by atoms with Crippen molar-refractivity contribution in [3.63, 3.8) is 0 Å². The van der Waals surface area contributed by atoms with Crippen molar-refractivity contribution in [1.82, 2.24) is 0 Å². The maximum Gasteiger partial charge on any atom is 0.189 e. The van der Waals surface area contributed by atoms with Crippen molar-refractivity contribution < 1.29 is 19.4 Å². The normalized spacial score (nSPS) is 18.5. The van der Waals surface area contributed by atoms with Gasteiger partial charge in [0.2, 0.25) is 0 Å². The van der Waals surface area contributed by atoms with Crippen molar-refractivity contribution in [2.24, 2.45) is 0 Å². The highest BCUT2D eigenvalue weighted by atomic mass is 16.5. The van der Waals surface area contributed by atoms with Gasteiger partial charge in [0.05, 0.1) is 18.8 Å². The van der Waals surface area contributed by atoms with Crippen molar-refractivity contribution in [3.05, 3.63) is 65.2 Å². The second-order valence-electron chi connectivity index (χ2n) is 6.66. The Labute approximate surface area is 147 Å². The molecule has 3 rings (SSSR count). The first kappa shape index (κ1) is 17.2. The maximum atomic E-state index is 12.7. The van der Waals surface area contributed by atoms with Gasteiger partial charge in [-0.2, -0.15) is 0 Å². The van der Waals surface area contributed by atoms with Gasteiger partial charge in [0.15, 0.2) is 5.78 Å². The predicted octanol–water partition coefficient (Wildman–Crippen LogP) is 3.67. The van der Waals surface area contributed by atoms with Gasteiger partial charge >= 0.3 is 0 Å². The number of ether oxygens (including phenoxy) is 2. The summed E-state index contributed by atoms with van der Waals surface area (Å²) in [5.74, 6) is 0.973. The summed E-state index contributed by atoms with van der Waals surface area (Å²) in [6, 6.07) is 13.1. The number of aliphatic hydroxyl groups excluding tert-OH is 1. The van der Waals surface area contributed by atoms with Crippen LogP contribution in [0.25, 0.3) is 6.08 Å². The molecule has 0 saturated carbocycles. The van der Waals surface area contributed by atoms with Crippen LogP contribution in [0, 0.1) is 0 Å². The minimum absolute atomic E-state index is 0.144. The van der Waals surface area contributed by atoms with Crippen LogP contribution in [-0.4, -0.2) is 29.7 Å². The molecule has 4 nitrogen and oxygen atoms in total. The number of aliphatic hydroxyl groups is 1. The molecular weight excluding hydrogens is 316 g/mol. The molecule has 0 aliphatic carbocycles. The fraction of sp³-hybridized carbons (Fsp3) is 0.286. The molecule has 0 fully saturated rings. The van der Waals surface area contributed by atoms with Crippen molar-refractivity contribution in [2.45, 2.75) is 32.0 Å². The molecule has 4 heteroatoms. The van der Waals surface area contributed by atoms with Gasteiger partial charge < -0.3 is 14.6 Å². The van der Waals surface area contributed by atoms with Crippen LogP contribution in [0.3, 0.4) is 0 Å². The molecule has 2 aromatic rings. The van der Waals surface area contributed by atoms with E-state index >= 15 is 0 Å². The minimum Gasteiger partial charge on any atom is -0.496 e. The number of carbonyl (C=O) groups is 1. The lowest BCUT2D eigenvalue weighted by Crippen LogP contribution is -2.46. The summed E-state index contributed by atoms with van der Waals surface area (Å²) in [5, 5.41) is 10.3. The van der Waals surface area contributed by atoms with E-state index in [4.69, 9.17) is 9.47 Å².